The van der Waals surface area contributed by atoms with Crippen LogP contribution in [0.25, 0.3) is 0 Å². The second kappa shape index (κ2) is 8.67. The third-order valence-corrected chi connectivity index (χ3v) is 4.43. The van der Waals surface area contributed by atoms with Crippen LogP contribution in [0.3, 0.4) is 0 Å². The largest absolute Gasteiger partial charge is 0.337 e. The molecule has 1 aliphatic rings. The van der Waals surface area contributed by atoms with Gasteiger partial charge in [-0.1, -0.05) is 30.3 Å². The number of amides is 1. The maximum absolute atomic E-state index is 12.6. The topological polar surface area (TPSA) is 49.6 Å². The molecule has 1 fully saturated rings. The van der Waals surface area contributed by atoms with Crippen molar-refractivity contribution in [3.8, 4) is 0 Å². The van der Waals surface area contributed by atoms with E-state index in [2.05, 4.69) is 56.9 Å². The molecule has 4 nitrogen and oxygen atoms in total. The Bertz CT molecular complexity index is 484. The lowest BCUT2D eigenvalue weighted by Gasteiger charge is -2.32. The Balaban J connectivity index is 0.00000264. The molecule has 1 aromatic carbocycles. The van der Waals surface area contributed by atoms with E-state index in [-0.39, 0.29) is 36.4 Å². The van der Waals surface area contributed by atoms with E-state index < -0.39 is 0 Å². The third-order valence-electron chi connectivity index (χ3n) is 4.43. The van der Waals surface area contributed by atoms with E-state index in [4.69, 9.17) is 5.73 Å². The zero-order valence-electron chi connectivity index (χ0n) is 14.6. The minimum Gasteiger partial charge on any atom is -0.337 e. The first-order valence-corrected chi connectivity index (χ1v) is 8.24. The molecule has 0 bridgehead atoms. The standard InChI is InChI=1S/C18H29N3O.ClH/c1-13(2)21(14(3)4)18(22)12-20-10-16(17(19)11-20)15-8-6-5-7-9-15;/h5-9,13-14,16-17H,10-12,19H2,1-4H3;1H/t16-,17+;/m0./s1. The Kier molecular flexibility index (Phi) is 7.52. The van der Waals surface area contributed by atoms with Gasteiger partial charge in [0.2, 0.25) is 5.91 Å². The second-order valence-electron chi connectivity index (χ2n) is 6.86. The van der Waals surface area contributed by atoms with Crippen molar-refractivity contribution in [2.75, 3.05) is 19.6 Å². The number of halogens is 1. The van der Waals surface area contributed by atoms with Gasteiger partial charge in [-0.05, 0) is 33.3 Å². The van der Waals surface area contributed by atoms with Crippen molar-refractivity contribution < 1.29 is 4.79 Å². The Morgan fingerprint density at radius 2 is 1.74 bits per heavy atom. The Morgan fingerprint density at radius 1 is 1.17 bits per heavy atom. The van der Waals surface area contributed by atoms with Gasteiger partial charge in [-0.2, -0.15) is 0 Å². The van der Waals surface area contributed by atoms with Crippen LogP contribution in [0.2, 0.25) is 0 Å². The van der Waals surface area contributed by atoms with Gasteiger partial charge in [0.25, 0.3) is 0 Å². The molecule has 1 aliphatic heterocycles. The van der Waals surface area contributed by atoms with E-state index in [0.717, 1.165) is 13.1 Å². The Morgan fingerprint density at radius 3 is 2.26 bits per heavy atom. The predicted octanol–water partition coefficient (Wildman–Crippen LogP) is 2.48. The Hall–Kier alpha value is -1.10. The molecule has 0 unspecified atom stereocenters. The average Bonchev–Trinajstić information content (AvgIpc) is 2.79. The lowest BCUT2D eigenvalue weighted by atomic mass is 9.95. The molecule has 0 spiro atoms. The number of carbonyl (C=O) groups is 1. The van der Waals surface area contributed by atoms with E-state index in [0.29, 0.717) is 12.5 Å². The highest BCUT2D eigenvalue weighted by Crippen LogP contribution is 2.26. The fraction of sp³-hybridized carbons (Fsp3) is 0.611. The molecule has 1 aromatic rings. The van der Waals surface area contributed by atoms with Gasteiger partial charge in [-0.3, -0.25) is 9.69 Å². The van der Waals surface area contributed by atoms with E-state index >= 15 is 0 Å². The minimum absolute atomic E-state index is 0. The maximum atomic E-state index is 12.6. The van der Waals surface area contributed by atoms with Gasteiger partial charge in [0, 0.05) is 37.1 Å². The summed E-state index contributed by atoms with van der Waals surface area (Å²) in [6.45, 7) is 10.4. The molecule has 23 heavy (non-hydrogen) atoms. The molecule has 2 N–H and O–H groups in total. The molecule has 0 saturated carbocycles. The van der Waals surface area contributed by atoms with Crippen molar-refractivity contribution in [3.05, 3.63) is 35.9 Å². The molecule has 2 atom stereocenters. The first-order valence-electron chi connectivity index (χ1n) is 8.24. The normalized spacial score (nSPS) is 21.5. The molecule has 1 heterocycles. The van der Waals surface area contributed by atoms with E-state index in [1.54, 1.807) is 0 Å². The first kappa shape index (κ1) is 19.9. The van der Waals surface area contributed by atoms with Gasteiger partial charge >= 0.3 is 0 Å². The quantitative estimate of drug-likeness (QED) is 0.896. The highest BCUT2D eigenvalue weighted by atomic mass is 35.5. The van der Waals surface area contributed by atoms with Crippen LogP contribution in [0.15, 0.2) is 30.3 Å². The van der Waals surface area contributed by atoms with Crippen LogP contribution >= 0.6 is 12.4 Å². The monoisotopic (exact) mass is 339 g/mol. The zero-order chi connectivity index (χ0) is 16.3. The van der Waals surface area contributed by atoms with Crippen molar-refractivity contribution >= 4 is 18.3 Å². The third kappa shape index (κ3) is 4.93. The summed E-state index contributed by atoms with van der Waals surface area (Å²) >= 11 is 0. The molecule has 0 aliphatic carbocycles. The van der Waals surface area contributed by atoms with E-state index in [9.17, 15) is 4.79 Å². The number of nitrogens with two attached hydrogens (primary N) is 1. The second-order valence-corrected chi connectivity index (χ2v) is 6.86. The number of carbonyl (C=O) groups excluding carboxylic acids is 1. The zero-order valence-corrected chi connectivity index (χ0v) is 15.4. The summed E-state index contributed by atoms with van der Waals surface area (Å²) in [4.78, 5) is 16.7. The van der Waals surface area contributed by atoms with Gasteiger partial charge < -0.3 is 10.6 Å². The van der Waals surface area contributed by atoms with Crippen LogP contribution in [-0.2, 0) is 4.79 Å². The fourth-order valence-corrected chi connectivity index (χ4v) is 3.54. The number of hydrogen-bond acceptors (Lipinski definition) is 3. The Labute approximate surface area is 146 Å². The number of hydrogen-bond donors (Lipinski definition) is 1. The van der Waals surface area contributed by atoms with Gasteiger partial charge in [0.1, 0.15) is 0 Å². The maximum Gasteiger partial charge on any atom is 0.237 e. The molecular weight excluding hydrogens is 310 g/mol. The van der Waals surface area contributed by atoms with Crippen molar-refractivity contribution in [1.82, 2.24) is 9.80 Å². The van der Waals surface area contributed by atoms with E-state index in [1.165, 1.54) is 5.56 Å². The molecular formula is C18H30ClN3O. The summed E-state index contributed by atoms with van der Waals surface area (Å²) in [6, 6.07) is 10.9. The summed E-state index contributed by atoms with van der Waals surface area (Å²) in [5, 5.41) is 0. The van der Waals surface area contributed by atoms with Crippen molar-refractivity contribution in [2.24, 2.45) is 5.73 Å². The van der Waals surface area contributed by atoms with Crippen molar-refractivity contribution in [2.45, 2.75) is 51.7 Å². The van der Waals surface area contributed by atoms with Gasteiger partial charge in [-0.25, -0.2) is 0 Å². The molecule has 1 amide bonds. The average molecular weight is 340 g/mol. The van der Waals surface area contributed by atoms with Crippen LogP contribution in [0.4, 0.5) is 0 Å². The highest BCUT2D eigenvalue weighted by molar-refractivity contribution is 5.85. The number of benzene rings is 1. The summed E-state index contributed by atoms with van der Waals surface area (Å²) in [5.41, 5.74) is 7.58. The van der Waals surface area contributed by atoms with E-state index in [1.807, 2.05) is 11.0 Å². The van der Waals surface area contributed by atoms with Crippen LogP contribution in [0.1, 0.15) is 39.2 Å². The first-order chi connectivity index (χ1) is 10.4. The lowest BCUT2D eigenvalue weighted by Crippen LogP contribution is -2.47. The van der Waals surface area contributed by atoms with Gasteiger partial charge in [-0.15, -0.1) is 12.4 Å². The molecule has 0 radical (unpaired) electrons. The summed E-state index contributed by atoms with van der Waals surface area (Å²) in [6.07, 6.45) is 0. The van der Waals surface area contributed by atoms with Gasteiger partial charge in [0.05, 0.1) is 6.54 Å². The number of nitrogens with zero attached hydrogens (tertiary/aromatic N) is 2. The van der Waals surface area contributed by atoms with Crippen molar-refractivity contribution in [1.29, 1.82) is 0 Å². The molecule has 5 heteroatoms. The van der Waals surface area contributed by atoms with Gasteiger partial charge in [0.15, 0.2) is 0 Å². The smallest absolute Gasteiger partial charge is 0.237 e. The van der Waals surface area contributed by atoms with Crippen LogP contribution in [-0.4, -0.2) is 53.5 Å². The molecule has 1 saturated heterocycles. The highest BCUT2D eigenvalue weighted by Gasteiger charge is 2.33. The predicted molar refractivity (Wildman–Crippen MR) is 98.0 cm³/mol. The minimum atomic E-state index is 0. The SMILES string of the molecule is CC(C)N(C(=O)CN1C[C@@H](N)[C@H](c2ccccc2)C1)C(C)C.Cl. The molecule has 0 aromatic heterocycles. The molecule has 130 valence electrons. The summed E-state index contributed by atoms with van der Waals surface area (Å²) < 4.78 is 0. The fourth-order valence-electron chi connectivity index (χ4n) is 3.54. The molecule has 2 rings (SSSR count). The van der Waals surface area contributed by atoms with Crippen LogP contribution in [0, 0.1) is 0 Å². The van der Waals surface area contributed by atoms with Crippen molar-refractivity contribution in [3.63, 3.8) is 0 Å². The van der Waals surface area contributed by atoms with Crippen LogP contribution < -0.4 is 5.73 Å². The number of likely N-dealkylation sites (tertiary alicyclic amines) is 1. The summed E-state index contributed by atoms with van der Waals surface area (Å²) in [7, 11) is 0. The summed E-state index contributed by atoms with van der Waals surface area (Å²) in [5.74, 6) is 0.520. The lowest BCUT2D eigenvalue weighted by molar-refractivity contribution is -0.135. The number of rotatable bonds is 5. The van der Waals surface area contributed by atoms with Crippen LogP contribution in [0.5, 0.6) is 0 Å².